The summed E-state index contributed by atoms with van der Waals surface area (Å²) in [7, 11) is -2.06. The normalized spacial score (nSPS) is 11.2. The van der Waals surface area contributed by atoms with Gasteiger partial charge in [-0.3, -0.25) is 4.90 Å². The van der Waals surface area contributed by atoms with Crippen LogP contribution >= 0.6 is 0 Å². The second-order valence-electron chi connectivity index (χ2n) is 3.55. The van der Waals surface area contributed by atoms with E-state index < -0.39 is 15.9 Å². The van der Waals surface area contributed by atoms with Gasteiger partial charge in [-0.15, -0.1) is 0 Å². The number of urea groups is 1. The summed E-state index contributed by atoms with van der Waals surface area (Å²) in [6, 6.07) is 2.15. The maximum absolute atomic E-state index is 11.4. The number of primary amides is 1. The van der Waals surface area contributed by atoms with Crippen LogP contribution in [0.2, 0.25) is 0 Å². The second kappa shape index (κ2) is 4.68. The van der Waals surface area contributed by atoms with Crippen LogP contribution < -0.4 is 16.4 Å². The Labute approximate surface area is 99.3 Å². The fourth-order valence-corrected chi connectivity index (χ4v) is 1.76. The number of amides is 2. The van der Waals surface area contributed by atoms with Crippen LogP contribution in [0.4, 0.5) is 10.6 Å². The number of carbonyl (C=O) groups excluding carboxylic acids is 1. The molecule has 2 amide bonds. The highest BCUT2D eigenvalue weighted by molar-refractivity contribution is 7.90. The molecular formula is C9H14N4O3S. The Bertz CT molecular complexity index is 541. The SMILES string of the molecule is CN(C(N)=O)c1cc(CN)cc(S(C)(=O)=O)n1. The zero-order chi connectivity index (χ0) is 13.2. The number of pyridine rings is 1. The van der Waals surface area contributed by atoms with Crippen molar-refractivity contribution < 1.29 is 13.2 Å². The molecule has 0 aliphatic heterocycles. The van der Waals surface area contributed by atoms with Gasteiger partial charge in [0.2, 0.25) is 0 Å². The van der Waals surface area contributed by atoms with Crippen LogP contribution in [0.5, 0.6) is 0 Å². The van der Waals surface area contributed by atoms with Crippen molar-refractivity contribution in [2.45, 2.75) is 11.6 Å². The Kier molecular flexibility index (Phi) is 3.69. The summed E-state index contributed by atoms with van der Waals surface area (Å²) in [6.07, 6.45) is 1.03. The molecule has 4 N–H and O–H groups in total. The van der Waals surface area contributed by atoms with Crippen molar-refractivity contribution in [1.29, 1.82) is 0 Å². The van der Waals surface area contributed by atoms with Gasteiger partial charge in [-0.2, -0.15) is 0 Å². The lowest BCUT2D eigenvalue weighted by Gasteiger charge is -2.15. The molecule has 1 heterocycles. The summed E-state index contributed by atoms with van der Waals surface area (Å²) in [6.45, 7) is 0.143. The van der Waals surface area contributed by atoms with Crippen molar-refractivity contribution in [2.24, 2.45) is 11.5 Å². The molecule has 0 fully saturated rings. The molecule has 0 aromatic carbocycles. The number of carbonyl (C=O) groups is 1. The smallest absolute Gasteiger partial charge is 0.320 e. The van der Waals surface area contributed by atoms with Gasteiger partial charge in [-0.1, -0.05) is 0 Å². The first-order valence-corrected chi connectivity index (χ1v) is 6.59. The summed E-state index contributed by atoms with van der Waals surface area (Å²) >= 11 is 0. The van der Waals surface area contributed by atoms with Crippen LogP contribution in [0.1, 0.15) is 5.56 Å². The fourth-order valence-electron chi connectivity index (χ4n) is 1.14. The van der Waals surface area contributed by atoms with Gasteiger partial charge in [0.25, 0.3) is 0 Å². The molecule has 0 atom stereocenters. The quantitative estimate of drug-likeness (QED) is 0.754. The number of nitrogens with zero attached hydrogens (tertiary/aromatic N) is 2. The topological polar surface area (TPSA) is 119 Å². The lowest BCUT2D eigenvalue weighted by molar-refractivity contribution is 0.255. The van der Waals surface area contributed by atoms with Crippen molar-refractivity contribution >= 4 is 21.7 Å². The monoisotopic (exact) mass is 258 g/mol. The van der Waals surface area contributed by atoms with E-state index >= 15 is 0 Å². The largest absolute Gasteiger partial charge is 0.351 e. The van der Waals surface area contributed by atoms with Gasteiger partial charge in [0.15, 0.2) is 14.9 Å². The molecule has 1 rings (SSSR count). The van der Waals surface area contributed by atoms with Gasteiger partial charge in [0.1, 0.15) is 5.82 Å². The zero-order valence-corrected chi connectivity index (χ0v) is 10.4. The second-order valence-corrected chi connectivity index (χ2v) is 5.51. The standard InChI is InChI=1S/C9H14N4O3S/c1-13(9(11)14)7-3-6(5-10)4-8(12-7)17(2,15)16/h3-4H,5,10H2,1-2H3,(H2,11,14). The third-order valence-electron chi connectivity index (χ3n) is 2.14. The summed E-state index contributed by atoms with van der Waals surface area (Å²) in [5.74, 6) is 0.154. The first kappa shape index (κ1) is 13.4. The van der Waals surface area contributed by atoms with Crippen molar-refractivity contribution in [1.82, 2.24) is 4.98 Å². The van der Waals surface area contributed by atoms with Gasteiger partial charge < -0.3 is 11.5 Å². The highest BCUT2D eigenvalue weighted by Gasteiger charge is 2.15. The van der Waals surface area contributed by atoms with Gasteiger partial charge in [-0.25, -0.2) is 18.2 Å². The summed E-state index contributed by atoms with van der Waals surface area (Å²) in [5.41, 5.74) is 11.1. The van der Waals surface area contributed by atoms with Crippen LogP contribution in [0.15, 0.2) is 17.2 Å². The maximum Gasteiger partial charge on any atom is 0.320 e. The van der Waals surface area contributed by atoms with Crippen LogP contribution in [-0.2, 0) is 16.4 Å². The third kappa shape index (κ3) is 3.14. The van der Waals surface area contributed by atoms with E-state index in [1.807, 2.05) is 0 Å². The number of rotatable bonds is 3. The molecule has 1 aromatic heterocycles. The number of aromatic nitrogens is 1. The average molecular weight is 258 g/mol. The van der Waals surface area contributed by atoms with Crippen LogP contribution in [0.25, 0.3) is 0 Å². The molecule has 0 radical (unpaired) electrons. The van der Waals surface area contributed by atoms with Crippen LogP contribution in [-0.4, -0.2) is 32.7 Å². The number of hydrogen-bond donors (Lipinski definition) is 2. The Balaban J connectivity index is 3.38. The fraction of sp³-hybridized carbons (Fsp3) is 0.333. The molecule has 0 spiro atoms. The Hall–Kier alpha value is -1.67. The van der Waals surface area contributed by atoms with E-state index in [0.29, 0.717) is 5.56 Å². The van der Waals surface area contributed by atoms with Crippen LogP contribution in [0.3, 0.4) is 0 Å². The zero-order valence-electron chi connectivity index (χ0n) is 9.54. The van der Waals surface area contributed by atoms with Gasteiger partial charge in [0.05, 0.1) is 0 Å². The van der Waals surface area contributed by atoms with Crippen molar-refractivity contribution in [3.63, 3.8) is 0 Å². The molecule has 0 bridgehead atoms. The van der Waals surface area contributed by atoms with Crippen molar-refractivity contribution in [3.05, 3.63) is 17.7 Å². The molecule has 0 aliphatic carbocycles. The van der Waals surface area contributed by atoms with E-state index in [4.69, 9.17) is 11.5 Å². The van der Waals surface area contributed by atoms with E-state index in [9.17, 15) is 13.2 Å². The van der Waals surface area contributed by atoms with E-state index in [1.54, 1.807) is 0 Å². The third-order valence-corrected chi connectivity index (χ3v) is 3.11. The first-order chi connectivity index (χ1) is 7.75. The average Bonchev–Trinajstić information content (AvgIpc) is 2.26. The molecule has 0 unspecified atom stereocenters. The van der Waals surface area contributed by atoms with E-state index in [0.717, 1.165) is 11.2 Å². The van der Waals surface area contributed by atoms with E-state index in [1.165, 1.54) is 19.2 Å². The Morgan fingerprint density at radius 2 is 2.06 bits per heavy atom. The maximum atomic E-state index is 11.4. The number of anilines is 1. The van der Waals surface area contributed by atoms with Gasteiger partial charge in [-0.05, 0) is 17.7 Å². The van der Waals surface area contributed by atoms with Crippen LogP contribution in [0, 0.1) is 0 Å². The summed E-state index contributed by atoms with van der Waals surface area (Å²) in [4.78, 5) is 15.9. The predicted octanol–water partition coefficient (Wildman–Crippen LogP) is -0.541. The minimum absolute atomic E-state index is 0.136. The lowest BCUT2D eigenvalue weighted by Crippen LogP contribution is -2.32. The van der Waals surface area contributed by atoms with Crippen molar-refractivity contribution in [2.75, 3.05) is 18.2 Å². The predicted molar refractivity (Wildman–Crippen MR) is 63.2 cm³/mol. The number of nitrogens with two attached hydrogens (primary N) is 2. The molecule has 1 aromatic rings. The lowest BCUT2D eigenvalue weighted by atomic mass is 10.2. The molecule has 0 aliphatic rings. The number of hydrogen-bond acceptors (Lipinski definition) is 5. The van der Waals surface area contributed by atoms with E-state index in [2.05, 4.69) is 4.98 Å². The number of sulfone groups is 1. The molecular weight excluding hydrogens is 244 g/mol. The molecule has 94 valence electrons. The minimum Gasteiger partial charge on any atom is -0.351 e. The highest BCUT2D eigenvalue weighted by Crippen LogP contribution is 2.16. The summed E-state index contributed by atoms with van der Waals surface area (Å²) in [5, 5.41) is -0.136. The van der Waals surface area contributed by atoms with E-state index in [-0.39, 0.29) is 17.4 Å². The minimum atomic E-state index is -3.46. The Morgan fingerprint density at radius 1 is 1.47 bits per heavy atom. The highest BCUT2D eigenvalue weighted by atomic mass is 32.2. The summed E-state index contributed by atoms with van der Waals surface area (Å²) < 4.78 is 22.8. The molecule has 0 saturated heterocycles. The Morgan fingerprint density at radius 3 is 2.47 bits per heavy atom. The molecule has 7 nitrogen and oxygen atoms in total. The molecule has 0 saturated carbocycles. The van der Waals surface area contributed by atoms with Crippen molar-refractivity contribution in [3.8, 4) is 0 Å². The first-order valence-electron chi connectivity index (χ1n) is 4.70. The van der Waals surface area contributed by atoms with Gasteiger partial charge >= 0.3 is 6.03 Å². The molecule has 8 heteroatoms. The van der Waals surface area contributed by atoms with Gasteiger partial charge in [0, 0.05) is 19.8 Å². The molecule has 17 heavy (non-hydrogen) atoms.